The average Bonchev–Trinajstić information content (AvgIpc) is 2.69. The van der Waals surface area contributed by atoms with Crippen molar-refractivity contribution in [3.05, 3.63) is 42.5 Å². The second-order valence-electron chi connectivity index (χ2n) is 3.05. The number of benzene rings is 1. The SMILES string of the molecule is Nc1cc(-n2ccnc2)ccc1C(=O)O. The number of nitrogens with zero attached hydrogens (tertiary/aromatic N) is 2. The predicted octanol–water partition coefficient (Wildman–Crippen LogP) is 1.15. The molecule has 0 aliphatic carbocycles. The molecule has 3 N–H and O–H groups in total. The van der Waals surface area contributed by atoms with Crippen LogP contribution in [0.15, 0.2) is 36.9 Å². The van der Waals surface area contributed by atoms with Crippen molar-refractivity contribution in [3.63, 3.8) is 0 Å². The Labute approximate surface area is 85.8 Å². The second kappa shape index (κ2) is 3.45. The van der Waals surface area contributed by atoms with E-state index in [0.717, 1.165) is 5.69 Å². The van der Waals surface area contributed by atoms with Crippen LogP contribution in [0, 0.1) is 0 Å². The van der Waals surface area contributed by atoms with E-state index in [1.165, 1.54) is 6.07 Å². The zero-order chi connectivity index (χ0) is 10.8. The van der Waals surface area contributed by atoms with Crippen LogP contribution in [0.2, 0.25) is 0 Å². The van der Waals surface area contributed by atoms with E-state index in [1.807, 2.05) is 0 Å². The van der Waals surface area contributed by atoms with E-state index in [9.17, 15) is 4.79 Å². The van der Waals surface area contributed by atoms with Crippen LogP contribution in [-0.4, -0.2) is 20.6 Å². The van der Waals surface area contributed by atoms with Crippen molar-refractivity contribution in [1.29, 1.82) is 0 Å². The van der Waals surface area contributed by atoms with E-state index in [4.69, 9.17) is 10.8 Å². The van der Waals surface area contributed by atoms with E-state index in [1.54, 1.807) is 35.4 Å². The van der Waals surface area contributed by atoms with Gasteiger partial charge in [-0.1, -0.05) is 0 Å². The number of aromatic nitrogens is 2. The third kappa shape index (κ3) is 1.67. The quantitative estimate of drug-likeness (QED) is 0.717. The third-order valence-electron chi connectivity index (χ3n) is 2.07. The van der Waals surface area contributed by atoms with Crippen molar-refractivity contribution in [2.45, 2.75) is 0 Å². The molecule has 2 rings (SSSR count). The van der Waals surface area contributed by atoms with E-state index < -0.39 is 5.97 Å². The lowest BCUT2D eigenvalue weighted by Crippen LogP contribution is -2.03. The van der Waals surface area contributed by atoms with E-state index in [-0.39, 0.29) is 11.3 Å². The van der Waals surface area contributed by atoms with E-state index in [0.29, 0.717) is 0 Å². The first-order valence-electron chi connectivity index (χ1n) is 4.29. The first-order valence-corrected chi connectivity index (χ1v) is 4.29. The van der Waals surface area contributed by atoms with E-state index >= 15 is 0 Å². The van der Waals surface area contributed by atoms with Gasteiger partial charge in [-0.15, -0.1) is 0 Å². The fourth-order valence-electron chi connectivity index (χ4n) is 1.32. The molecule has 15 heavy (non-hydrogen) atoms. The maximum Gasteiger partial charge on any atom is 0.337 e. The van der Waals surface area contributed by atoms with Gasteiger partial charge in [-0.3, -0.25) is 0 Å². The third-order valence-corrected chi connectivity index (χ3v) is 2.07. The van der Waals surface area contributed by atoms with Crippen molar-refractivity contribution in [3.8, 4) is 5.69 Å². The summed E-state index contributed by atoms with van der Waals surface area (Å²) in [5.74, 6) is -1.02. The molecule has 0 fully saturated rings. The molecule has 0 spiro atoms. The average molecular weight is 203 g/mol. The first-order chi connectivity index (χ1) is 7.18. The van der Waals surface area contributed by atoms with Gasteiger partial charge in [0.15, 0.2) is 0 Å². The molecule has 0 amide bonds. The van der Waals surface area contributed by atoms with Crippen molar-refractivity contribution < 1.29 is 9.90 Å². The highest BCUT2D eigenvalue weighted by atomic mass is 16.4. The Bertz CT molecular complexity index is 491. The minimum absolute atomic E-state index is 0.110. The maximum atomic E-state index is 10.7. The van der Waals surface area contributed by atoms with Gasteiger partial charge in [-0.05, 0) is 18.2 Å². The Hall–Kier alpha value is -2.30. The Morgan fingerprint density at radius 2 is 2.27 bits per heavy atom. The van der Waals surface area contributed by atoms with Crippen molar-refractivity contribution in [1.82, 2.24) is 9.55 Å². The van der Waals surface area contributed by atoms with Gasteiger partial charge in [0.1, 0.15) is 0 Å². The predicted molar refractivity (Wildman–Crippen MR) is 54.9 cm³/mol. The van der Waals surface area contributed by atoms with Crippen LogP contribution < -0.4 is 5.73 Å². The minimum Gasteiger partial charge on any atom is -0.478 e. The Balaban J connectivity index is 2.47. The summed E-state index contributed by atoms with van der Waals surface area (Å²) in [6.07, 6.45) is 5.02. The molecular formula is C10H9N3O2. The number of imidazole rings is 1. The van der Waals surface area contributed by atoms with E-state index in [2.05, 4.69) is 4.98 Å². The van der Waals surface area contributed by atoms with Crippen molar-refractivity contribution in [2.75, 3.05) is 5.73 Å². The second-order valence-corrected chi connectivity index (χ2v) is 3.05. The highest BCUT2D eigenvalue weighted by molar-refractivity contribution is 5.94. The van der Waals surface area contributed by atoms with Crippen LogP contribution in [0.4, 0.5) is 5.69 Å². The highest BCUT2D eigenvalue weighted by Gasteiger charge is 2.08. The number of aromatic carboxylic acids is 1. The molecule has 0 saturated heterocycles. The topological polar surface area (TPSA) is 81.1 Å². The monoisotopic (exact) mass is 203 g/mol. The number of anilines is 1. The standard InChI is InChI=1S/C10H9N3O2/c11-9-5-7(13-4-3-12-6-13)1-2-8(9)10(14)15/h1-6H,11H2,(H,14,15). The molecule has 0 atom stereocenters. The highest BCUT2D eigenvalue weighted by Crippen LogP contribution is 2.17. The van der Waals surface area contributed by atoms with Crippen LogP contribution in [0.5, 0.6) is 0 Å². The molecular weight excluding hydrogens is 194 g/mol. The molecule has 0 saturated carbocycles. The Morgan fingerprint density at radius 1 is 1.47 bits per heavy atom. The molecule has 0 bridgehead atoms. The molecule has 0 aliphatic rings. The van der Waals surface area contributed by atoms with Crippen LogP contribution in [0.3, 0.4) is 0 Å². The largest absolute Gasteiger partial charge is 0.478 e. The molecule has 1 heterocycles. The zero-order valence-corrected chi connectivity index (χ0v) is 7.79. The normalized spacial score (nSPS) is 10.1. The number of carbonyl (C=O) groups is 1. The number of hydrogen-bond acceptors (Lipinski definition) is 3. The number of carboxylic acids is 1. The van der Waals surface area contributed by atoms with Crippen LogP contribution in [0.1, 0.15) is 10.4 Å². The fraction of sp³-hybridized carbons (Fsp3) is 0. The number of carboxylic acid groups (broad SMARTS) is 1. The Morgan fingerprint density at radius 3 is 2.80 bits per heavy atom. The van der Waals surface area contributed by atoms with Crippen LogP contribution in [0.25, 0.3) is 5.69 Å². The molecule has 1 aromatic heterocycles. The molecule has 0 radical (unpaired) electrons. The Kier molecular flexibility index (Phi) is 2.13. The maximum absolute atomic E-state index is 10.7. The molecule has 5 heteroatoms. The van der Waals surface area contributed by atoms with Gasteiger partial charge in [0.25, 0.3) is 0 Å². The summed E-state index contributed by atoms with van der Waals surface area (Å²) in [5.41, 5.74) is 6.76. The molecule has 5 nitrogen and oxygen atoms in total. The fourth-order valence-corrected chi connectivity index (χ4v) is 1.32. The minimum atomic E-state index is -1.02. The number of rotatable bonds is 2. The van der Waals surface area contributed by atoms with Gasteiger partial charge in [0.05, 0.1) is 11.9 Å². The number of nitrogens with two attached hydrogens (primary N) is 1. The number of nitrogen functional groups attached to an aromatic ring is 1. The molecule has 0 unspecified atom stereocenters. The van der Waals surface area contributed by atoms with Crippen molar-refractivity contribution in [2.24, 2.45) is 0 Å². The summed E-state index contributed by atoms with van der Waals surface area (Å²) < 4.78 is 1.75. The zero-order valence-electron chi connectivity index (χ0n) is 7.79. The van der Waals surface area contributed by atoms with Gasteiger partial charge in [-0.25, -0.2) is 9.78 Å². The van der Waals surface area contributed by atoms with Gasteiger partial charge in [0, 0.05) is 23.8 Å². The summed E-state index contributed by atoms with van der Waals surface area (Å²) in [5, 5.41) is 8.79. The van der Waals surface area contributed by atoms with Gasteiger partial charge >= 0.3 is 5.97 Å². The lowest BCUT2D eigenvalue weighted by molar-refractivity contribution is 0.0698. The van der Waals surface area contributed by atoms with Gasteiger partial charge < -0.3 is 15.4 Å². The smallest absolute Gasteiger partial charge is 0.337 e. The molecule has 0 aliphatic heterocycles. The van der Waals surface area contributed by atoms with Crippen LogP contribution >= 0.6 is 0 Å². The summed E-state index contributed by atoms with van der Waals surface area (Å²) >= 11 is 0. The summed E-state index contributed by atoms with van der Waals surface area (Å²) in [7, 11) is 0. The van der Waals surface area contributed by atoms with Gasteiger partial charge in [0.2, 0.25) is 0 Å². The number of hydrogen-bond donors (Lipinski definition) is 2. The summed E-state index contributed by atoms with van der Waals surface area (Å²) in [6, 6.07) is 4.76. The molecule has 2 aromatic rings. The van der Waals surface area contributed by atoms with Crippen LogP contribution in [-0.2, 0) is 0 Å². The first kappa shape index (κ1) is 9.26. The molecule has 1 aromatic carbocycles. The lowest BCUT2D eigenvalue weighted by Gasteiger charge is -2.05. The molecule has 76 valence electrons. The summed E-state index contributed by atoms with van der Waals surface area (Å²) in [4.78, 5) is 14.6. The lowest BCUT2D eigenvalue weighted by atomic mass is 10.1. The summed E-state index contributed by atoms with van der Waals surface area (Å²) in [6.45, 7) is 0. The van der Waals surface area contributed by atoms with Gasteiger partial charge in [-0.2, -0.15) is 0 Å². The van der Waals surface area contributed by atoms with Crippen molar-refractivity contribution >= 4 is 11.7 Å².